The predicted molar refractivity (Wildman–Crippen MR) is 73.2 cm³/mol. The van der Waals surface area contributed by atoms with Gasteiger partial charge in [-0.15, -0.1) is 5.10 Å². The van der Waals surface area contributed by atoms with E-state index in [9.17, 15) is 9.18 Å². The molecule has 0 amide bonds. The highest BCUT2D eigenvalue weighted by atomic mass is 19.1. The van der Waals surface area contributed by atoms with Gasteiger partial charge in [-0.3, -0.25) is 0 Å². The van der Waals surface area contributed by atoms with Gasteiger partial charge in [-0.05, 0) is 18.8 Å². The molecule has 1 fully saturated rings. The summed E-state index contributed by atoms with van der Waals surface area (Å²) < 4.78 is 17.2. The molecule has 0 aromatic carbocycles. The van der Waals surface area contributed by atoms with E-state index in [1.54, 1.807) is 16.8 Å². The first kappa shape index (κ1) is 12.9. The summed E-state index contributed by atoms with van der Waals surface area (Å²) in [4.78, 5) is 15.1. The summed E-state index contributed by atoms with van der Waals surface area (Å²) in [5.74, 6) is -1.03. The fourth-order valence-electron chi connectivity index (χ4n) is 2.49. The number of fused-ring (bicyclic) bond motifs is 1. The Labute approximate surface area is 124 Å². The predicted octanol–water partition coefficient (Wildman–Crippen LogP) is 1.69. The Hall–Kier alpha value is -2.77. The minimum atomic E-state index is -1.13. The summed E-state index contributed by atoms with van der Waals surface area (Å²) in [6, 6.07) is 1.43. The lowest BCUT2D eigenvalue weighted by atomic mass is 10.2. The van der Waals surface area contributed by atoms with Crippen LogP contribution in [0, 0.1) is 5.82 Å². The summed E-state index contributed by atoms with van der Waals surface area (Å²) in [6.07, 6.45) is 6.97. The van der Waals surface area contributed by atoms with E-state index < -0.39 is 5.97 Å². The third kappa shape index (κ3) is 2.22. The number of rotatable bonds is 4. The largest absolute Gasteiger partial charge is 0.476 e. The molecule has 1 saturated carbocycles. The fraction of sp³-hybridized carbons (Fsp3) is 0.286. The molecule has 22 heavy (non-hydrogen) atoms. The van der Waals surface area contributed by atoms with Gasteiger partial charge in [0.2, 0.25) is 0 Å². The molecular formula is C14H12FN5O2. The molecule has 0 saturated heterocycles. The second-order valence-electron chi connectivity index (χ2n) is 5.46. The monoisotopic (exact) mass is 301 g/mol. The number of nitrogens with zero attached hydrogens (tertiary/aromatic N) is 5. The summed E-state index contributed by atoms with van der Waals surface area (Å²) >= 11 is 0. The van der Waals surface area contributed by atoms with Gasteiger partial charge in [0, 0.05) is 24.0 Å². The summed E-state index contributed by atoms with van der Waals surface area (Å²) in [5, 5.41) is 16.1. The topological polar surface area (TPSA) is 85.3 Å². The highest BCUT2D eigenvalue weighted by molar-refractivity contribution is 5.84. The molecule has 3 aromatic rings. The molecule has 112 valence electrons. The maximum Gasteiger partial charge on any atom is 0.358 e. The van der Waals surface area contributed by atoms with Gasteiger partial charge in [0.05, 0.1) is 18.4 Å². The smallest absolute Gasteiger partial charge is 0.358 e. The number of pyridine rings is 1. The lowest BCUT2D eigenvalue weighted by Crippen LogP contribution is -2.00. The van der Waals surface area contributed by atoms with Gasteiger partial charge in [0.15, 0.2) is 5.69 Å². The van der Waals surface area contributed by atoms with Crippen LogP contribution in [0.25, 0.3) is 5.65 Å². The summed E-state index contributed by atoms with van der Waals surface area (Å²) in [7, 11) is 0. The zero-order valence-electron chi connectivity index (χ0n) is 11.5. The van der Waals surface area contributed by atoms with Gasteiger partial charge < -0.3 is 9.51 Å². The Balaban J connectivity index is 1.65. The Kier molecular flexibility index (Phi) is 2.72. The minimum Gasteiger partial charge on any atom is -0.476 e. The lowest BCUT2D eigenvalue weighted by Gasteiger charge is -2.01. The molecule has 0 spiro atoms. The molecule has 3 heterocycles. The van der Waals surface area contributed by atoms with Crippen molar-refractivity contribution >= 4 is 11.6 Å². The van der Waals surface area contributed by atoms with E-state index in [0.717, 1.165) is 18.4 Å². The molecule has 0 atom stereocenters. The van der Waals surface area contributed by atoms with Gasteiger partial charge in [0.1, 0.15) is 11.5 Å². The van der Waals surface area contributed by atoms with E-state index in [-0.39, 0.29) is 18.1 Å². The van der Waals surface area contributed by atoms with Crippen LogP contribution >= 0.6 is 0 Å². The maximum absolute atomic E-state index is 14.0. The number of carboxylic acid groups (broad SMARTS) is 1. The number of carboxylic acids is 1. The van der Waals surface area contributed by atoms with Crippen LogP contribution in [-0.4, -0.2) is 35.5 Å². The maximum atomic E-state index is 14.0. The van der Waals surface area contributed by atoms with Gasteiger partial charge >= 0.3 is 5.97 Å². The zero-order chi connectivity index (χ0) is 15.3. The standard InChI is InChI=1S/C14H12FN5O2/c15-11-3-13-16-9(4-19(13)6-10(11)8-1-2-8)5-20-7-12(14(21)22)17-18-20/h3-4,6-8H,1-2,5H2,(H,21,22). The van der Waals surface area contributed by atoms with Crippen LogP contribution in [0.3, 0.4) is 0 Å². The van der Waals surface area contributed by atoms with Crippen molar-refractivity contribution in [3.8, 4) is 0 Å². The van der Waals surface area contributed by atoms with E-state index in [0.29, 0.717) is 17.3 Å². The van der Waals surface area contributed by atoms with Crippen molar-refractivity contribution in [2.75, 3.05) is 0 Å². The van der Waals surface area contributed by atoms with Crippen LogP contribution in [0.15, 0.2) is 24.7 Å². The SMILES string of the molecule is O=C(O)c1cn(Cc2cn3cc(C4CC4)c(F)cc3n2)nn1. The van der Waals surface area contributed by atoms with Crippen LogP contribution in [0.1, 0.15) is 40.5 Å². The number of imidazole rings is 1. The Bertz CT molecular complexity index is 881. The third-order valence-electron chi connectivity index (χ3n) is 3.72. The van der Waals surface area contributed by atoms with E-state index in [1.165, 1.54) is 16.9 Å². The first-order chi connectivity index (χ1) is 10.6. The van der Waals surface area contributed by atoms with Crippen molar-refractivity contribution in [1.29, 1.82) is 0 Å². The fourth-order valence-corrected chi connectivity index (χ4v) is 2.49. The van der Waals surface area contributed by atoms with E-state index in [2.05, 4.69) is 15.3 Å². The Morgan fingerprint density at radius 1 is 1.36 bits per heavy atom. The molecule has 0 aliphatic heterocycles. The van der Waals surface area contributed by atoms with Crippen molar-refractivity contribution in [2.24, 2.45) is 0 Å². The Morgan fingerprint density at radius 2 is 2.18 bits per heavy atom. The average Bonchev–Trinajstić information content (AvgIpc) is 3.07. The van der Waals surface area contributed by atoms with E-state index in [1.807, 2.05) is 0 Å². The highest BCUT2D eigenvalue weighted by Gasteiger charge is 2.27. The van der Waals surface area contributed by atoms with Crippen molar-refractivity contribution in [3.63, 3.8) is 0 Å². The molecule has 4 rings (SSSR count). The number of hydrogen-bond acceptors (Lipinski definition) is 4. The molecule has 1 aliphatic carbocycles. The summed E-state index contributed by atoms with van der Waals surface area (Å²) in [5.41, 5.74) is 1.79. The van der Waals surface area contributed by atoms with Crippen molar-refractivity contribution < 1.29 is 14.3 Å². The number of aromatic nitrogens is 5. The van der Waals surface area contributed by atoms with Crippen LogP contribution in [0.4, 0.5) is 4.39 Å². The molecule has 1 N–H and O–H groups in total. The normalized spacial score (nSPS) is 14.6. The molecule has 1 aliphatic rings. The first-order valence-electron chi connectivity index (χ1n) is 6.90. The van der Waals surface area contributed by atoms with Crippen molar-refractivity contribution in [2.45, 2.75) is 25.3 Å². The third-order valence-corrected chi connectivity index (χ3v) is 3.72. The van der Waals surface area contributed by atoms with Crippen LogP contribution in [-0.2, 0) is 6.54 Å². The molecular weight excluding hydrogens is 289 g/mol. The van der Waals surface area contributed by atoms with Crippen molar-refractivity contribution in [3.05, 3.63) is 47.4 Å². The molecule has 7 nitrogen and oxygen atoms in total. The highest BCUT2D eigenvalue weighted by Crippen LogP contribution is 2.41. The zero-order valence-corrected chi connectivity index (χ0v) is 11.5. The molecule has 3 aromatic heterocycles. The number of aromatic carboxylic acids is 1. The second kappa shape index (κ2) is 4.62. The lowest BCUT2D eigenvalue weighted by molar-refractivity contribution is 0.0690. The van der Waals surface area contributed by atoms with E-state index in [4.69, 9.17) is 5.11 Å². The molecule has 0 unspecified atom stereocenters. The summed E-state index contributed by atoms with van der Waals surface area (Å²) in [6.45, 7) is 0.280. The van der Waals surface area contributed by atoms with Gasteiger partial charge in [-0.1, -0.05) is 5.21 Å². The minimum absolute atomic E-state index is 0.120. The van der Waals surface area contributed by atoms with Gasteiger partial charge in [-0.2, -0.15) is 0 Å². The number of halogens is 1. The number of carbonyl (C=O) groups is 1. The Morgan fingerprint density at radius 3 is 2.86 bits per heavy atom. The average molecular weight is 301 g/mol. The van der Waals surface area contributed by atoms with Gasteiger partial charge in [-0.25, -0.2) is 18.9 Å². The van der Waals surface area contributed by atoms with Crippen LogP contribution in [0.5, 0.6) is 0 Å². The quantitative estimate of drug-likeness (QED) is 0.792. The molecule has 0 radical (unpaired) electrons. The van der Waals surface area contributed by atoms with Crippen molar-refractivity contribution in [1.82, 2.24) is 24.4 Å². The number of hydrogen-bond donors (Lipinski definition) is 1. The van der Waals surface area contributed by atoms with Gasteiger partial charge in [0.25, 0.3) is 0 Å². The van der Waals surface area contributed by atoms with E-state index >= 15 is 0 Å². The second-order valence-corrected chi connectivity index (χ2v) is 5.46. The molecule has 8 heteroatoms. The first-order valence-corrected chi connectivity index (χ1v) is 6.90. The van der Waals surface area contributed by atoms with Crippen LogP contribution < -0.4 is 0 Å². The molecule has 0 bridgehead atoms. The van der Waals surface area contributed by atoms with Crippen LogP contribution in [0.2, 0.25) is 0 Å².